The van der Waals surface area contributed by atoms with E-state index < -0.39 is 51.1 Å². The summed E-state index contributed by atoms with van der Waals surface area (Å²) in [6.07, 6.45) is 48.1. The Morgan fingerprint density at radius 3 is 1.54 bits per heavy atom. The second-order valence-corrected chi connectivity index (χ2v) is 15.2. The van der Waals surface area contributed by atoms with Crippen LogP contribution in [0.15, 0.2) is 85.1 Å². The zero-order valence-electron chi connectivity index (χ0n) is 34.9. The van der Waals surface area contributed by atoms with Crippen molar-refractivity contribution in [3.05, 3.63) is 85.1 Å². The van der Waals surface area contributed by atoms with Crippen molar-refractivity contribution in [2.45, 2.75) is 161 Å². The smallest absolute Gasteiger partial charge is 0.472 e. The van der Waals surface area contributed by atoms with Gasteiger partial charge in [0.05, 0.1) is 13.2 Å². The van der Waals surface area contributed by atoms with Crippen molar-refractivity contribution in [2.75, 3.05) is 19.8 Å². The van der Waals surface area contributed by atoms with E-state index in [1.54, 1.807) is 0 Å². The Bertz CT molecular complexity index is 1290. The largest absolute Gasteiger partial charge is 0.480 e. The second-order valence-electron chi connectivity index (χ2n) is 13.7. The lowest BCUT2D eigenvalue weighted by Gasteiger charge is -2.20. The molecule has 0 heterocycles. The summed E-state index contributed by atoms with van der Waals surface area (Å²) in [7, 11) is -4.74. The van der Waals surface area contributed by atoms with E-state index in [2.05, 4.69) is 85.2 Å². The molecule has 4 N–H and O–H groups in total. The molecule has 0 aromatic rings. The van der Waals surface area contributed by atoms with Gasteiger partial charge < -0.3 is 25.2 Å². The third-order valence-electron chi connectivity index (χ3n) is 8.39. The first-order chi connectivity index (χ1) is 27.6. The highest BCUT2D eigenvalue weighted by atomic mass is 31.2. The van der Waals surface area contributed by atoms with Crippen molar-refractivity contribution in [2.24, 2.45) is 5.73 Å². The van der Waals surface area contributed by atoms with E-state index in [4.69, 9.17) is 24.8 Å². The zero-order chi connectivity index (χ0) is 42.1. The van der Waals surface area contributed by atoms with E-state index >= 15 is 0 Å². The summed E-state index contributed by atoms with van der Waals surface area (Å²) in [5.41, 5.74) is 5.32. The van der Waals surface area contributed by atoms with Crippen molar-refractivity contribution in [1.82, 2.24) is 0 Å². The van der Waals surface area contributed by atoms with Gasteiger partial charge in [-0.3, -0.25) is 23.4 Å². The highest BCUT2D eigenvalue weighted by Crippen LogP contribution is 2.43. The molecule has 0 aromatic heterocycles. The Morgan fingerprint density at radius 2 is 1.02 bits per heavy atom. The Balaban J connectivity index is 4.55. The number of carbonyl (C=O) groups is 3. The molecule has 12 heteroatoms. The van der Waals surface area contributed by atoms with Gasteiger partial charge in [0.1, 0.15) is 12.6 Å². The number of unbranched alkanes of at least 4 members (excludes halogenated alkanes) is 10. The van der Waals surface area contributed by atoms with Gasteiger partial charge in [-0.2, -0.15) is 0 Å². The zero-order valence-corrected chi connectivity index (χ0v) is 35.8. The monoisotopic (exact) mass is 820 g/mol. The molecule has 0 amide bonds. The average molecular weight is 820 g/mol. The minimum absolute atomic E-state index is 0.0300. The van der Waals surface area contributed by atoms with Crippen LogP contribution in [-0.4, -0.2) is 59.9 Å². The Morgan fingerprint density at radius 1 is 0.561 bits per heavy atom. The normalized spacial score (nSPS) is 14.6. The lowest BCUT2D eigenvalue weighted by atomic mass is 10.1. The van der Waals surface area contributed by atoms with Gasteiger partial charge in [-0.05, 0) is 77.0 Å². The lowest BCUT2D eigenvalue weighted by Crippen LogP contribution is -2.34. The standard InChI is InChI=1S/C45H74NO10P/c1-3-5-7-9-11-13-15-17-19-20-21-22-23-25-27-29-31-33-35-37-44(48)56-41(39-54-57(51,52)55-40-42(46)45(49)50)38-53-43(47)36-34-32-30-28-26-24-18-16-14-12-10-8-6-4-2/h5,7,11,13,16-19,21-22,25,27,31,33,41-42H,3-4,6,8-10,12,14-15,20,23-24,26,28-30,32,34-40,46H2,1-2H3,(H,49,50)(H,51,52)/b7-5+,13-11+,18-16+,19-17+,22-21+,27-25+,33-31+/t41-,42+/m1/s1. The van der Waals surface area contributed by atoms with Crippen molar-refractivity contribution >= 4 is 25.7 Å². The fourth-order valence-corrected chi connectivity index (χ4v) is 5.86. The SMILES string of the molecule is CC/C=C/C/C=C/C/C=C/C/C=C/C/C=C/C/C=C/CCC(=O)O[C@H](COC(=O)CCCCCCC/C=C/CCCCCCC)COP(=O)(O)OC[C@H](N)C(=O)O. The molecule has 0 bridgehead atoms. The van der Waals surface area contributed by atoms with Crippen LogP contribution in [-0.2, 0) is 37.5 Å². The first-order valence-corrected chi connectivity index (χ1v) is 22.6. The topological polar surface area (TPSA) is 172 Å². The number of esters is 2. The van der Waals surface area contributed by atoms with Crippen LogP contribution in [0.25, 0.3) is 0 Å². The van der Waals surface area contributed by atoms with E-state index in [-0.39, 0.29) is 19.4 Å². The molecule has 0 saturated carbocycles. The van der Waals surface area contributed by atoms with Crippen molar-refractivity contribution in [3.63, 3.8) is 0 Å². The van der Waals surface area contributed by atoms with Gasteiger partial charge in [-0.1, -0.05) is 144 Å². The Kier molecular flexibility index (Phi) is 37.2. The molecule has 0 aliphatic carbocycles. The number of hydrogen-bond acceptors (Lipinski definition) is 9. The van der Waals surface area contributed by atoms with E-state index in [0.29, 0.717) is 19.3 Å². The molecule has 0 aromatic carbocycles. The molecular weight excluding hydrogens is 745 g/mol. The van der Waals surface area contributed by atoms with Gasteiger partial charge in [-0.15, -0.1) is 0 Å². The number of carboxylic acids is 1. The summed E-state index contributed by atoms with van der Waals surface area (Å²) in [6.45, 7) is 2.57. The van der Waals surface area contributed by atoms with Crippen LogP contribution in [0.2, 0.25) is 0 Å². The molecule has 3 atom stereocenters. The number of carbonyl (C=O) groups excluding carboxylic acids is 2. The predicted molar refractivity (Wildman–Crippen MR) is 230 cm³/mol. The summed E-state index contributed by atoms with van der Waals surface area (Å²) in [6, 6.07) is -1.54. The lowest BCUT2D eigenvalue weighted by molar-refractivity contribution is -0.161. The number of ether oxygens (including phenoxy) is 2. The summed E-state index contributed by atoms with van der Waals surface area (Å²) in [4.78, 5) is 45.9. The highest BCUT2D eigenvalue weighted by Gasteiger charge is 2.28. The fourth-order valence-electron chi connectivity index (χ4n) is 5.08. The second kappa shape index (κ2) is 39.5. The first-order valence-electron chi connectivity index (χ1n) is 21.1. The molecule has 324 valence electrons. The summed E-state index contributed by atoms with van der Waals surface area (Å²) in [5, 5.41) is 8.88. The number of nitrogens with two attached hydrogens (primary N) is 1. The third-order valence-corrected chi connectivity index (χ3v) is 9.34. The van der Waals surface area contributed by atoms with Gasteiger partial charge in [0, 0.05) is 12.8 Å². The third kappa shape index (κ3) is 39.3. The van der Waals surface area contributed by atoms with Crippen LogP contribution in [0.4, 0.5) is 0 Å². The summed E-state index contributed by atoms with van der Waals surface area (Å²) in [5.74, 6) is -2.51. The number of hydrogen-bond donors (Lipinski definition) is 3. The minimum Gasteiger partial charge on any atom is -0.480 e. The fraction of sp³-hybridized carbons (Fsp3) is 0.622. The van der Waals surface area contributed by atoms with Gasteiger partial charge in [0.15, 0.2) is 6.10 Å². The summed E-state index contributed by atoms with van der Waals surface area (Å²) >= 11 is 0. The number of carboxylic acid groups (broad SMARTS) is 1. The van der Waals surface area contributed by atoms with E-state index in [1.807, 2.05) is 18.2 Å². The van der Waals surface area contributed by atoms with Gasteiger partial charge in [-0.25, -0.2) is 4.57 Å². The number of phosphoric ester groups is 1. The van der Waals surface area contributed by atoms with Crippen LogP contribution in [0, 0.1) is 0 Å². The van der Waals surface area contributed by atoms with E-state index in [9.17, 15) is 23.8 Å². The van der Waals surface area contributed by atoms with Crippen LogP contribution in [0.5, 0.6) is 0 Å². The molecule has 1 unspecified atom stereocenters. The molecule has 0 rings (SSSR count). The molecule has 0 aliphatic heterocycles. The molecule has 0 saturated heterocycles. The minimum atomic E-state index is -4.74. The predicted octanol–water partition coefficient (Wildman–Crippen LogP) is 11.1. The molecule has 0 fully saturated rings. The van der Waals surface area contributed by atoms with Gasteiger partial charge in [0.25, 0.3) is 0 Å². The maximum Gasteiger partial charge on any atom is 0.472 e. The quantitative estimate of drug-likeness (QED) is 0.0234. The summed E-state index contributed by atoms with van der Waals surface area (Å²) < 4.78 is 32.6. The first kappa shape index (κ1) is 53.7. The average Bonchev–Trinajstić information content (AvgIpc) is 3.19. The maximum absolute atomic E-state index is 12.6. The molecule has 0 spiro atoms. The molecule has 0 radical (unpaired) electrons. The van der Waals surface area contributed by atoms with Gasteiger partial charge >= 0.3 is 25.7 Å². The van der Waals surface area contributed by atoms with Crippen LogP contribution >= 0.6 is 7.82 Å². The van der Waals surface area contributed by atoms with E-state index in [1.165, 1.54) is 32.1 Å². The van der Waals surface area contributed by atoms with Crippen LogP contribution in [0.1, 0.15) is 149 Å². The van der Waals surface area contributed by atoms with Crippen molar-refractivity contribution in [1.29, 1.82) is 0 Å². The molecule has 57 heavy (non-hydrogen) atoms. The number of rotatable bonds is 38. The Hall–Kier alpha value is -3.34. The number of aliphatic carboxylic acids is 1. The maximum atomic E-state index is 12.6. The highest BCUT2D eigenvalue weighted by molar-refractivity contribution is 7.47. The van der Waals surface area contributed by atoms with Crippen molar-refractivity contribution in [3.8, 4) is 0 Å². The van der Waals surface area contributed by atoms with Gasteiger partial charge in [0.2, 0.25) is 0 Å². The molecule has 0 aliphatic rings. The van der Waals surface area contributed by atoms with E-state index in [0.717, 1.165) is 70.6 Å². The van der Waals surface area contributed by atoms with Crippen LogP contribution in [0.3, 0.4) is 0 Å². The number of allylic oxidation sites excluding steroid dienone is 14. The van der Waals surface area contributed by atoms with Crippen LogP contribution < -0.4 is 5.73 Å². The molecular formula is C45H74NO10P. The number of phosphoric acid groups is 1. The molecule has 11 nitrogen and oxygen atoms in total. The Labute approximate surface area is 343 Å². The van der Waals surface area contributed by atoms with Crippen molar-refractivity contribution < 1.29 is 47.5 Å².